The van der Waals surface area contributed by atoms with E-state index in [4.69, 9.17) is 11.6 Å². The van der Waals surface area contributed by atoms with E-state index in [0.717, 1.165) is 5.82 Å². The topological polar surface area (TPSA) is 68.0 Å². The summed E-state index contributed by atoms with van der Waals surface area (Å²) in [5.41, 5.74) is 0.607. The third-order valence-electron chi connectivity index (χ3n) is 2.77. The van der Waals surface area contributed by atoms with Crippen LogP contribution in [0.5, 0.6) is 0 Å². The van der Waals surface area contributed by atoms with Gasteiger partial charge in [0.2, 0.25) is 0 Å². The summed E-state index contributed by atoms with van der Waals surface area (Å²) in [7, 11) is 0. The second-order valence-corrected chi connectivity index (χ2v) is 4.47. The minimum atomic E-state index is -1.01. The normalized spacial score (nSPS) is 10.7. The van der Waals surface area contributed by atoms with Crippen molar-refractivity contribution in [1.82, 2.24) is 14.8 Å². The largest absolute Gasteiger partial charge is 0.478 e. The molecule has 1 heterocycles. The number of halogens is 1. The number of benzene rings is 1. The van der Waals surface area contributed by atoms with Crippen molar-refractivity contribution in [1.29, 1.82) is 0 Å². The number of hydrogen-bond donors (Lipinski definition) is 1. The van der Waals surface area contributed by atoms with Gasteiger partial charge in [-0.2, -0.15) is 5.10 Å². The Morgan fingerprint density at radius 2 is 2.11 bits per heavy atom. The fraction of sp³-hybridized carbons (Fsp3) is 0.308. The summed E-state index contributed by atoms with van der Waals surface area (Å²) in [6, 6.07) is 4.63. The molecule has 1 N–H and O–H groups in total. The van der Waals surface area contributed by atoms with Crippen LogP contribution in [-0.2, 0) is 12.8 Å². The standard InChI is InChI=1S/C13H14ClN3O2/c1-3-11-15-12(4-2)17(16-11)10-7-8(14)5-6-9(10)13(18)19/h5-7H,3-4H2,1-2H3,(H,18,19). The smallest absolute Gasteiger partial charge is 0.337 e. The van der Waals surface area contributed by atoms with E-state index in [1.54, 1.807) is 16.8 Å². The lowest BCUT2D eigenvalue weighted by molar-refractivity contribution is 0.0696. The summed E-state index contributed by atoms with van der Waals surface area (Å²) in [6.07, 6.45) is 1.36. The van der Waals surface area contributed by atoms with Crippen LogP contribution in [0.15, 0.2) is 18.2 Å². The van der Waals surface area contributed by atoms with E-state index in [0.29, 0.717) is 29.4 Å². The van der Waals surface area contributed by atoms with Crippen molar-refractivity contribution < 1.29 is 9.90 Å². The predicted octanol–water partition coefficient (Wildman–Crippen LogP) is 2.74. The third-order valence-corrected chi connectivity index (χ3v) is 3.00. The van der Waals surface area contributed by atoms with Gasteiger partial charge < -0.3 is 5.11 Å². The first-order chi connectivity index (χ1) is 9.06. The predicted molar refractivity (Wildman–Crippen MR) is 72.1 cm³/mol. The van der Waals surface area contributed by atoms with Crippen molar-refractivity contribution >= 4 is 17.6 Å². The van der Waals surface area contributed by atoms with Gasteiger partial charge in [0, 0.05) is 17.9 Å². The van der Waals surface area contributed by atoms with Gasteiger partial charge in [0.25, 0.3) is 0 Å². The highest BCUT2D eigenvalue weighted by molar-refractivity contribution is 6.30. The molecule has 5 nitrogen and oxygen atoms in total. The summed E-state index contributed by atoms with van der Waals surface area (Å²) in [6.45, 7) is 3.90. The Hall–Kier alpha value is -1.88. The molecule has 2 aromatic rings. The molecule has 1 aromatic heterocycles. The minimum Gasteiger partial charge on any atom is -0.478 e. The highest BCUT2D eigenvalue weighted by Crippen LogP contribution is 2.21. The zero-order valence-electron chi connectivity index (χ0n) is 10.7. The van der Waals surface area contributed by atoms with Gasteiger partial charge >= 0.3 is 5.97 Å². The van der Waals surface area contributed by atoms with Gasteiger partial charge in [-0.05, 0) is 18.2 Å². The quantitative estimate of drug-likeness (QED) is 0.934. The monoisotopic (exact) mass is 279 g/mol. The molecule has 100 valence electrons. The molecule has 1 aromatic carbocycles. The Labute approximate surface area is 115 Å². The molecule has 0 atom stereocenters. The van der Waals surface area contributed by atoms with Crippen molar-refractivity contribution in [2.45, 2.75) is 26.7 Å². The number of carboxylic acids is 1. The highest BCUT2D eigenvalue weighted by Gasteiger charge is 2.16. The van der Waals surface area contributed by atoms with Gasteiger partial charge in [0.05, 0.1) is 11.3 Å². The van der Waals surface area contributed by atoms with E-state index in [1.165, 1.54) is 6.07 Å². The number of aromatic carboxylic acids is 1. The average molecular weight is 280 g/mol. The Morgan fingerprint density at radius 3 is 2.68 bits per heavy atom. The van der Waals surface area contributed by atoms with Crippen molar-refractivity contribution in [3.8, 4) is 5.69 Å². The van der Waals surface area contributed by atoms with Crippen molar-refractivity contribution in [2.75, 3.05) is 0 Å². The Bertz CT molecular complexity index is 622. The van der Waals surface area contributed by atoms with Gasteiger partial charge in [-0.15, -0.1) is 0 Å². The molecule has 0 spiro atoms. The Morgan fingerprint density at radius 1 is 1.37 bits per heavy atom. The first-order valence-electron chi connectivity index (χ1n) is 6.04. The van der Waals surface area contributed by atoms with E-state index >= 15 is 0 Å². The van der Waals surface area contributed by atoms with E-state index in [-0.39, 0.29) is 5.56 Å². The van der Waals surface area contributed by atoms with Crippen LogP contribution in [0.25, 0.3) is 5.69 Å². The fourth-order valence-electron chi connectivity index (χ4n) is 1.82. The molecular weight excluding hydrogens is 266 g/mol. The van der Waals surface area contributed by atoms with Gasteiger partial charge in [-0.1, -0.05) is 25.4 Å². The number of carbonyl (C=O) groups is 1. The minimum absolute atomic E-state index is 0.159. The van der Waals surface area contributed by atoms with E-state index in [2.05, 4.69) is 10.1 Å². The number of nitrogens with zero attached hydrogens (tertiary/aromatic N) is 3. The maximum atomic E-state index is 11.3. The summed E-state index contributed by atoms with van der Waals surface area (Å²) in [5, 5.41) is 14.0. The zero-order valence-corrected chi connectivity index (χ0v) is 11.5. The van der Waals surface area contributed by atoms with Gasteiger partial charge in [-0.25, -0.2) is 14.5 Å². The summed E-state index contributed by atoms with van der Waals surface area (Å²) in [5.74, 6) is 0.400. The van der Waals surface area contributed by atoms with Crippen LogP contribution in [0.4, 0.5) is 0 Å². The van der Waals surface area contributed by atoms with Crippen LogP contribution in [-0.4, -0.2) is 25.8 Å². The molecule has 6 heteroatoms. The van der Waals surface area contributed by atoms with E-state index < -0.39 is 5.97 Å². The molecule has 0 unspecified atom stereocenters. The highest BCUT2D eigenvalue weighted by atomic mass is 35.5. The molecule has 0 fully saturated rings. The van der Waals surface area contributed by atoms with Gasteiger partial charge in [0.15, 0.2) is 5.82 Å². The van der Waals surface area contributed by atoms with Crippen LogP contribution in [0.2, 0.25) is 5.02 Å². The number of rotatable bonds is 4. The molecule has 0 saturated heterocycles. The lowest BCUT2D eigenvalue weighted by Crippen LogP contribution is -2.09. The van der Waals surface area contributed by atoms with Gasteiger partial charge in [-0.3, -0.25) is 0 Å². The van der Waals surface area contributed by atoms with Crippen LogP contribution < -0.4 is 0 Å². The second kappa shape index (κ2) is 5.40. The molecule has 0 aliphatic rings. The van der Waals surface area contributed by atoms with Crippen LogP contribution in [0.1, 0.15) is 35.9 Å². The lowest BCUT2D eigenvalue weighted by Gasteiger charge is -2.08. The third kappa shape index (κ3) is 2.61. The molecule has 19 heavy (non-hydrogen) atoms. The maximum absolute atomic E-state index is 11.3. The maximum Gasteiger partial charge on any atom is 0.337 e. The zero-order chi connectivity index (χ0) is 14.0. The second-order valence-electron chi connectivity index (χ2n) is 4.03. The van der Waals surface area contributed by atoms with Crippen molar-refractivity contribution in [3.63, 3.8) is 0 Å². The first kappa shape index (κ1) is 13.5. The van der Waals surface area contributed by atoms with E-state index in [1.807, 2.05) is 13.8 Å². The molecule has 0 bridgehead atoms. The summed E-state index contributed by atoms with van der Waals surface area (Å²) in [4.78, 5) is 15.6. The van der Waals surface area contributed by atoms with Crippen LogP contribution >= 0.6 is 11.6 Å². The number of aromatic nitrogens is 3. The van der Waals surface area contributed by atoms with Crippen molar-refractivity contribution in [2.24, 2.45) is 0 Å². The molecule has 0 saturated carbocycles. The molecule has 0 aliphatic heterocycles. The van der Waals surface area contributed by atoms with Gasteiger partial charge in [0.1, 0.15) is 5.82 Å². The van der Waals surface area contributed by atoms with Crippen LogP contribution in [0.3, 0.4) is 0 Å². The molecule has 0 amide bonds. The van der Waals surface area contributed by atoms with Crippen LogP contribution in [0, 0.1) is 0 Å². The number of aryl methyl sites for hydroxylation is 2. The fourth-order valence-corrected chi connectivity index (χ4v) is 1.99. The number of carboxylic acid groups (broad SMARTS) is 1. The van der Waals surface area contributed by atoms with E-state index in [9.17, 15) is 9.90 Å². The molecular formula is C13H14ClN3O2. The first-order valence-corrected chi connectivity index (χ1v) is 6.42. The van der Waals surface area contributed by atoms with Crippen molar-refractivity contribution in [3.05, 3.63) is 40.4 Å². The number of hydrogen-bond acceptors (Lipinski definition) is 3. The summed E-state index contributed by atoms with van der Waals surface area (Å²) < 4.78 is 1.56. The molecule has 0 aliphatic carbocycles. The average Bonchev–Trinajstić information content (AvgIpc) is 2.81. The molecule has 2 rings (SSSR count). The molecule has 0 radical (unpaired) electrons. The Kier molecular flexibility index (Phi) is 3.85. The SMILES string of the molecule is CCc1nc(CC)n(-c2cc(Cl)ccc2C(=O)O)n1. The lowest BCUT2D eigenvalue weighted by atomic mass is 10.2. The summed E-state index contributed by atoms with van der Waals surface area (Å²) >= 11 is 5.95. The Balaban J connectivity index is 2.66.